The number of hydrogen-bond acceptors (Lipinski definition) is 3. The number of halogens is 1. The van der Waals surface area contributed by atoms with Crippen molar-refractivity contribution in [3.8, 4) is 5.69 Å². The smallest absolute Gasteiger partial charge is 0.257 e. The summed E-state index contributed by atoms with van der Waals surface area (Å²) in [5.41, 5.74) is 2.91. The topological polar surface area (TPSA) is 50.2 Å². The number of rotatable bonds is 3. The van der Waals surface area contributed by atoms with Crippen molar-refractivity contribution in [3.05, 3.63) is 47.8 Å². The third kappa shape index (κ3) is 3.12. The molecule has 1 aliphatic carbocycles. The van der Waals surface area contributed by atoms with Gasteiger partial charge in [-0.1, -0.05) is 18.2 Å². The highest BCUT2D eigenvalue weighted by molar-refractivity contribution is 5.95. The van der Waals surface area contributed by atoms with Crippen LogP contribution < -0.4 is 5.32 Å². The van der Waals surface area contributed by atoms with Crippen molar-refractivity contribution in [3.63, 3.8) is 0 Å². The van der Waals surface area contributed by atoms with Gasteiger partial charge in [0.2, 0.25) is 0 Å². The molecule has 122 valence electrons. The Morgan fingerprint density at radius 1 is 1.13 bits per heavy atom. The molecule has 23 heavy (non-hydrogen) atoms. The van der Waals surface area contributed by atoms with Gasteiger partial charge in [-0.05, 0) is 25.0 Å². The summed E-state index contributed by atoms with van der Waals surface area (Å²) in [7, 11) is 0. The summed E-state index contributed by atoms with van der Waals surface area (Å²) in [6.07, 6.45) is 4.06. The van der Waals surface area contributed by atoms with E-state index in [1.165, 1.54) is 0 Å². The number of nitrogens with one attached hydrogen (secondary N) is 1. The molecular weight excluding hydrogens is 312 g/mol. The second-order valence-corrected chi connectivity index (χ2v) is 6.01. The monoisotopic (exact) mass is 332 g/mol. The first-order valence-corrected chi connectivity index (χ1v) is 7.98. The molecule has 5 nitrogen and oxygen atoms in total. The first kappa shape index (κ1) is 16.0. The Balaban J connectivity index is 0.00000156. The van der Waals surface area contributed by atoms with Gasteiger partial charge >= 0.3 is 0 Å². The maximum absolute atomic E-state index is 12.8. The highest BCUT2D eigenvalue weighted by Crippen LogP contribution is 2.42. The molecule has 4 rings (SSSR count). The van der Waals surface area contributed by atoms with E-state index in [0.29, 0.717) is 5.92 Å². The molecule has 1 aliphatic heterocycles. The van der Waals surface area contributed by atoms with Gasteiger partial charge < -0.3 is 10.2 Å². The lowest BCUT2D eigenvalue weighted by Gasteiger charge is -2.27. The molecule has 1 saturated carbocycles. The Bertz CT molecular complexity index is 675. The lowest BCUT2D eigenvalue weighted by atomic mass is 10.1. The summed E-state index contributed by atoms with van der Waals surface area (Å²) < 4.78 is 1.95. The zero-order valence-corrected chi connectivity index (χ0v) is 13.8. The Morgan fingerprint density at radius 3 is 2.48 bits per heavy atom. The Hall–Kier alpha value is -1.85. The summed E-state index contributed by atoms with van der Waals surface area (Å²) in [5.74, 6) is 0.607. The van der Waals surface area contributed by atoms with E-state index in [0.717, 1.165) is 56.0 Å². The summed E-state index contributed by atoms with van der Waals surface area (Å²) in [5, 5.41) is 7.80. The zero-order valence-electron chi connectivity index (χ0n) is 12.9. The number of para-hydroxylation sites is 1. The standard InChI is InChI=1S/C17H20N4O.ClH/c22-17(20-10-8-18-9-11-20)15-12-19-21(16(15)13-6-7-13)14-4-2-1-3-5-14;/h1-5,12-13,18H,6-11H2;1H. The van der Waals surface area contributed by atoms with Crippen molar-refractivity contribution < 1.29 is 4.79 Å². The van der Waals surface area contributed by atoms with Crippen molar-refractivity contribution >= 4 is 18.3 Å². The SMILES string of the molecule is Cl.O=C(c1cnn(-c2ccccc2)c1C1CC1)N1CCNCC1. The minimum absolute atomic E-state index is 0. The molecule has 1 amide bonds. The number of carbonyl (C=O) groups excluding carboxylic acids is 1. The first-order chi connectivity index (χ1) is 10.8. The zero-order chi connectivity index (χ0) is 14.9. The van der Waals surface area contributed by atoms with Crippen LogP contribution in [0.3, 0.4) is 0 Å². The van der Waals surface area contributed by atoms with Crippen LogP contribution in [0, 0.1) is 0 Å². The fraction of sp³-hybridized carbons (Fsp3) is 0.412. The normalized spacial score (nSPS) is 17.7. The molecule has 1 aromatic carbocycles. The molecule has 6 heteroatoms. The van der Waals surface area contributed by atoms with Crippen LogP contribution >= 0.6 is 12.4 Å². The van der Waals surface area contributed by atoms with Crippen LogP contribution in [0.25, 0.3) is 5.69 Å². The third-order valence-corrected chi connectivity index (χ3v) is 4.41. The molecular formula is C17H21ClN4O. The van der Waals surface area contributed by atoms with Gasteiger partial charge in [0.15, 0.2) is 0 Å². The maximum atomic E-state index is 12.8. The van der Waals surface area contributed by atoms with Crippen molar-refractivity contribution in [2.24, 2.45) is 0 Å². The second kappa shape index (κ2) is 6.72. The fourth-order valence-electron chi connectivity index (χ4n) is 3.09. The number of piperazine rings is 1. The quantitative estimate of drug-likeness (QED) is 0.937. The first-order valence-electron chi connectivity index (χ1n) is 7.98. The largest absolute Gasteiger partial charge is 0.336 e. The van der Waals surface area contributed by atoms with E-state index in [4.69, 9.17) is 0 Å². The van der Waals surface area contributed by atoms with Crippen LogP contribution in [-0.2, 0) is 0 Å². The molecule has 2 heterocycles. The number of nitrogens with zero attached hydrogens (tertiary/aromatic N) is 3. The molecule has 2 aromatic rings. The third-order valence-electron chi connectivity index (χ3n) is 4.41. The van der Waals surface area contributed by atoms with E-state index in [2.05, 4.69) is 10.4 Å². The van der Waals surface area contributed by atoms with Crippen molar-refractivity contribution in [1.82, 2.24) is 20.0 Å². The van der Waals surface area contributed by atoms with Gasteiger partial charge in [0.1, 0.15) is 0 Å². The number of hydrogen-bond donors (Lipinski definition) is 1. The second-order valence-electron chi connectivity index (χ2n) is 6.01. The Morgan fingerprint density at radius 2 is 1.83 bits per heavy atom. The number of amides is 1. The van der Waals surface area contributed by atoms with E-state index < -0.39 is 0 Å². The van der Waals surface area contributed by atoms with Gasteiger partial charge in [-0.15, -0.1) is 12.4 Å². The van der Waals surface area contributed by atoms with Crippen LogP contribution in [0.4, 0.5) is 0 Å². The maximum Gasteiger partial charge on any atom is 0.257 e. The van der Waals surface area contributed by atoms with E-state index in [-0.39, 0.29) is 18.3 Å². The Kier molecular flexibility index (Phi) is 4.68. The molecule has 2 fully saturated rings. The van der Waals surface area contributed by atoms with E-state index >= 15 is 0 Å². The van der Waals surface area contributed by atoms with Gasteiger partial charge in [0, 0.05) is 32.1 Å². The molecule has 1 N–H and O–H groups in total. The van der Waals surface area contributed by atoms with Crippen molar-refractivity contribution in [2.45, 2.75) is 18.8 Å². The van der Waals surface area contributed by atoms with Crippen molar-refractivity contribution in [2.75, 3.05) is 26.2 Å². The molecule has 0 radical (unpaired) electrons. The minimum Gasteiger partial charge on any atom is -0.336 e. The summed E-state index contributed by atoms with van der Waals surface area (Å²) in [4.78, 5) is 14.8. The van der Waals surface area contributed by atoms with Crippen LogP contribution in [0.1, 0.15) is 34.8 Å². The molecule has 1 aromatic heterocycles. The van der Waals surface area contributed by atoms with Crippen LogP contribution in [0.2, 0.25) is 0 Å². The fourth-order valence-corrected chi connectivity index (χ4v) is 3.09. The van der Waals surface area contributed by atoms with E-state index in [9.17, 15) is 4.79 Å². The summed E-state index contributed by atoms with van der Waals surface area (Å²) >= 11 is 0. The predicted molar refractivity (Wildman–Crippen MR) is 91.6 cm³/mol. The van der Waals surface area contributed by atoms with Gasteiger partial charge in [-0.3, -0.25) is 4.79 Å². The van der Waals surface area contributed by atoms with Gasteiger partial charge in [0.05, 0.1) is 23.1 Å². The van der Waals surface area contributed by atoms with E-state index in [1.54, 1.807) is 6.20 Å². The summed E-state index contributed by atoms with van der Waals surface area (Å²) in [6, 6.07) is 10.1. The number of carbonyl (C=O) groups is 1. The Labute approximate surface area is 142 Å². The van der Waals surface area contributed by atoms with Crippen LogP contribution in [0.5, 0.6) is 0 Å². The van der Waals surface area contributed by atoms with Crippen LogP contribution in [-0.4, -0.2) is 46.8 Å². The highest BCUT2D eigenvalue weighted by atomic mass is 35.5. The number of aromatic nitrogens is 2. The lowest BCUT2D eigenvalue weighted by molar-refractivity contribution is 0.0734. The van der Waals surface area contributed by atoms with Crippen LogP contribution in [0.15, 0.2) is 36.5 Å². The number of benzene rings is 1. The minimum atomic E-state index is 0. The molecule has 0 unspecified atom stereocenters. The lowest BCUT2D eigenvalue weighted by Crippen LogP contribution is -2.46. The molecule has 1 saturated heterocycles. The van der Waals surface area contributed by atoms with Gasteiger partial charge in [-0.25, -0.2) is 4.68 Å². The van der Waals surface area contributed by atoms with E-state index in [1.807, 2.05) is 39.9 Å². The predicted octanol–water partition coefficient (Wildman–Crippen LogP) is 2.22. The van der Waals surface area contributed by atoms with Gasteiger partial charge in [0.25, 0.3) is 5.91 Å². The highest BCUT2D eigenvalue weighted by Gasteiger charge is 2.34. The van der Waals surface area contributed by atoms with Gasteiger partial charge in [-0.2, -0.15) is 5.10 Å². The average molecular weight is 333 g/mol. The van der Waals surface area contributed by atoms with Crippen molar-refractivity contribution in [1.29, 1.82) is 0 Å². The molecule has 0 atom stereocenters. The molecule has 0 spiro atoms. The summed E-state index contributed by atoms with van der Waals surface area (Å²) in [6.45, 7) is 3.30. The molecule has 0 bridgehead atoms. The average Bonchev–Trinajstić information content (AvgIpc) is 3.34. The molecule has 2 aliphatic rings.